The Labute approximate surface area is 217 Å². The van der Waals surface area contributed by atoms with Crippen molar-refractivity contribution in [3.05, 3.63) is 64.9 Å². The molecule has 0 aliphatic heterocycles. The van der Waals surface area contributed by atoms with E-state index in [0.29, 0.717) is 10.6 Å². The fraction of sp³-hybridized carbons (Fsp3) is 0.440. The fourth-order valence-electron chi connectivity index (χ4n) is 4.13. The van der Waals surface area contributed by atoms with Crippen LogP contribution in [0.3, 0.4) is 0 Å². The van der Waals surface area contributed by atoms with Gasteiger partial charge in [-0.15, -0.1) is 0 Å². The van der Waals surface area contributed by atoms with Crippen LogP contribution in [0.15, 0.2) is 48.5 Å². The van der Waals surface area contributed by atoms with Crippen LogP contribution in [-0.4, -0.2) is 62.2 Å². The second-order valence-corrected chi connectivity index (χ2v) is 11.6. The summed E-state index contributed by atoms with van der Waals surface area (Å²) in [5.74, 6) is -1.42. The maximum atomic E-state index is 13.6. The van der Waals surface area contributed by atoms with Crippen molar-refractivity contribution in [2.75, 3.05) is 24.9 Å². The molecular weight excluding hydrogens is 507 g/mol. The van der Waals surface area contributed by atoms with Crippen LogP contribution in [0.4, 0.5) is 10.1 Å². The third-order valence-corrected chi connectivity index (χ3v) is 8.30. The molecule has 0 aromatic heterocycles. The summed E-state index contributed by atoms with van der Waals surface area (Å²) in [6.45, 7) is 1.10. The molecule has 11 heteroatoms. The molecule has 2 amide bonds. The summed E-state index contributed by atoms with van der Waals surface area (Å²) in [6, 6.07) is 10.9. The van der Waals surface area contributed by atoms with E-state index in [1.54, 1.807) is 31.2 Å². The zero-order valence-corrected chi connectivity index (χ0v) is 22.2. The summed E-state index contributed by atoms with van der Waals surface area (Å²) in [5.41, 5.74) is 0.824. The van der Waals surface area contributed by atoms with E-state index in [1.165, 1.54) is 31.1 Å². The van der Waals surface area contributed by atoms with Crippen LogP contribution in [0.5, 0.6) is 0 Å². The average molecular weight is 539 g/mol. The summed E-state index contributed by atoms with van der Waals surface area (Å²) < 4.78 is 41.6. The van der Waals surface area contributed by atoms with E-state index in [9.17, 15) is 22.4 Å². The van der Waals surface area contributed by atoms with Crippen LogP contribution >= 0.6 is 11.6 Å². The fourth-order valence-corrected chi connectivity index (χ4v) is 5.40. The molecule has 0 heterocycles. The van der Waals surface area contributed by atoms with Gasteiger partial charge in [0.25, 0.3) is 0 Å². The van der Waals surface area contributed by atoms with Gasteiger partial charge in [0, 0.05) is 31.7 Å². The zero-order valence-electron chi connectivity index (χ0n) is 20.7. The minimum Gasteiger partial charge on any atom is -0.352 e. The molecule has 1 atom stereocenters. The molecule has 1 aliphatic carbocycles. The zero-order chi connectivity index (χ0) is 26.5. The third kappa shape index (κ3) is 6.96. The van der Waals surface area contributed by atoms with Crippen molar-refractivity contribution in [1.29, 1.82) is 0 Å². The monoisotopic (exact) mass is 538 g/mol. The van der Waals surface area contributed by atoms with Gasteiger partial charge in [0.05, 0.1) is 5.69 Å². The second kappa shape index (κ2) is 12.0. The van der Waals surface area contributed by atoms with Gasteiger partial charge in [-0.2, -0.15) is 12.7 Å². The summed E-state index contributed by atoms with van der Waals surface area (Å²) >= 11 is 6.13. The number of hydrogen-bond acceptors (Lipinski definition) is 4. The Hall–Kier alpha value is -2.69. The molecular formula is C25H32ClFN4O4S. The molecule has 0 saturated heterocycles. The predicted molar refractivity (Wildman–Crippen MR) is 138 cm³/mol. The summed E-state index contributed by atoms with van der Waals surface area (Å²) in [5, 5.41) is 3.49. The standard InChI is InChI=1S/C25H32ClFN4O4S/c1-18(25(33)28-22-9-4-5-10-22)30(16-19-7-6-8-20(26)15-19)24(32)17-31(36(34,35)29(2)3)23-13-11-21(27)12-14-23/h6-8,11-15,18,22H,4-5,9-10,16-17H2,1-3H3,(H,28,33). The Kier molecular flexibility index (Phi) is 9.32. The number of benzene rings is 2. The van der Waals surface area contributed by atoms with Gasteiger partial charge < -0.3 is 10.2 Å². The highest BCUT2D eigenvalue weighted by atomic mass is 35.5. The van der Waals surface area contributed by atoms with Crippen molar-refractivity contribution < 1.29 is 22.4 Å². The number of halogens is 2. The Morgan fingerprint density at radius 1 is 1.11 bits per heavy atom. The molecule has 0 spiro atoms. The van der Waals surface area contributed by atoms with Crippen LogP contribution < -0.4 is 9.62 Å². The predicted octanol–water partition coefficient (Wildman–Crippen LogP) is 3.57. The summed E-state index contributed by atoms with van der Waals surface area (Å²) in [6.07, 6.45) is 3.86. The number of rotatable bonds is 10. The Bertz CT molecular complexity index is 1170. The van der Waals surface area contributed by atoms with Gasteiger partial charge in [-0.05, 0) is 61.7 Å². The number of carbonyl (C=O) groups is 2. The lowest BCUT2D eigenvalue weighted by atomic mass is 10.1. The summed E-state index contributed by atoms with van der Waals surface area (Å²) in [4.78, 5) is 28.1. The first-order valence-electron chi connectivity index (χ1n) is 11.8. The highest BCUT2D eigenvalue weighted by Crippen LogP contribution is 2.22. The van der Waals surface area contributed by atoms with Gasteiger partial charge in [0.1, 0.15) is 18.4 Å². The number of anilines is 1. The van der Waals surface area contributed by atoms with Gasteiger partial charge in [0.2, 0.25) is 11.8 Å². The lowest BCUT2D eigenvalue weighted by molar-refractivity contribution is -0.139. The SMILES string of the molecule is CC(C(=O)NC1CCCC1)N(Cc1cccc(Cl)c1)C(=O)CN(c1ccc(F)cc1)S(=O)(=O)N(C)C. The number of carbonyl (C=O) groups excluding carboxylic acids is 2. The van der Waals surface area contributed by atoms with E-state index in [2.05, 4.69) is 5.32 Å². The molecule has 36 heavy (non-hydrogen) atoms. The van der Waals surface area contributed by atoms with Crippen molar-refractivity contribution in [1.82, 2.24) is 14.5 Å². The van der Waals surface area contributed by atoms with Crippen LogP contribution in [0, 0.1) is 5.82 Å². The van der Waals surface area contributed by atoms with E-state index >= 15 is 0 Å². The molecule has 8 nitrogen and oxygen atoms in total. The first-order valence-corrected chi connectivity index (χ1v) is 13.6. The largest absolute Gasteiger partial charge is 0.352 e. The molecule has 0 bridgehead atoms. The minimum atomic E-state index is -4.10. The van der Waals surface area contributed by atoms with Crippen LogP contribution in [0.25, 0.3) is 0 Å². The van der Waals surface area contributed by atoms with Crippen LogP contribution in [-0.2, 0) is 26.3 Å². The average Bonchev–Trinajstić information content (AvgIpc) is 3.34. The van der Waals surface area contributed by atoms with Crippen LogP contribution in [0.2, 0.25) is 5.02 Å². The van der Waals surface area contributed by atoms with Gasteiger partial charge in [-0.25, -0.2) is 8.70 Å². The maximum Gasteiger partial charge on any atom is 0.304 e. The number of nitrogens with one attached hydrogen (secondary N) is 1. The molecule has 1 fully saturated rings. The Balaban J connectivity index is 1.92. The van der Waals surface area contributed by atoms with Gasteiger partial charge in [-0.1, -0.05) is 36.6 Å². The van der Waals surface area contributed by atoms with Gasteiger partial charge in [0.15, 0.2) is 0 Å². The molecule has 1 N–H and O–H groups in total. The highest BCUT2D eigenvalue weighted by Gasteiger charge is 2.33. The molecule has 2 aromatic rings. The van der Waals surface area contributed by atoms with E-state index in [0.717, 1.165) is 46.4 Å². The lowest BCUT2D eigenvalue weighted by Gasteiger charge is -2.33. The molecule has 1 unspecified atom stereocenters. The van der Waals surface area contributed by atoms with Crippen molar-refractivity contribution in [2.45, 2.75) is 51.2 Å². The molecule has 3 rings (SSSR count). The number of nitrogens with zero attached hydrogens (tertiary/aromatic N) is 3. The number of hydrogen-bond donors (Lipinski definition) is 1. The lowest BCUT2D eigenvalue weighted by Crippen LogP contribution is -2.53. The summed E-state index contributed by atoms with van der Waals surface area (Å²) in [7, 11) is -1.41. The first kappa shape index (κ1) is 27.9. The van der Waals surface area contributed by atoms with Gasteiger partial charge >= 0.3 is 10.2 Å². The van der Waals surface area contributed by atoms with Crippen LogP contribution in [0.1, 0.15) is 38.2 Å². The van der Waals surface area contributed by atoms with Crippen molar-refractivity contribution >= 4 is 39.3 Å². The van der Waals surface area contributed by atoms with Crippen molar-refractivity contribution in [3.8, 4) is 0 Å². The first-order chi connectivity index (χ1) is 17.0. The molecule has 1 aliphatic rings. The number of amides is 2. The smallest absolute Gasteiger partial charge is 0.304 e. The molecule has 1 saturated carbocycles. The molecule has 196 valence electrons. The maximum absolute atomic E-state index is 13.6. The minimum absolute atomic E-state index is 0.0535. The normalized spacial score (nSPS) is 15.1. The van der Waals surface area contributed by atoms with Crippen molar-refractivity contribution in [2.24, 2.45) is 0 Å². The van der Waals surface area contributed by atoms with E-state index in [1.807, 2.05) is 0 Å². The van der Waals surface area contributed by atoms with E-state index in [-0.39, 0.29) is 24.2 Å². The Morgan fingerprint density at radius 3 is 2.33 bits per heavy atom. The van der Waals surface area contributed by atoms with E-state index < -0.39 is 34.5 Å². The third-order valence-electron chi connectivity index (χ3n) is 6.24. The molecule has 0 radical (unpaired) electrons. The topological polar surface area (TPSA) is 90.0 Å². The second-order valence-electron chi connectivity index (χ2n) is 9.09. The van der Waals surface area contributed by atoms with Crippen molar-refractivity contribution in [3.63, 3.8) is 0 Å². The van der Waals surface area contributed by atoms with E-state index in [4.69, 9.17) is 11.6 Å². The Morgan fingerprint density at radius 2 is 1.75 bits per heavy atom. The molecule has 2 aromatic carbocycles. The quantitative estimate of drug-likeness (QED) is 0.501. The van der Waals surface area contributed by atoms with Gasteiger partial charge in [-0.3, -0.25) is 9.59 Å². The highest BCUT2D eigenvalue weighted by molar-refractivity contribution is 7.90.